The van der Waals surface area contributed by atoms with Crippen molar-refractivity contribution in [2.45, 2.75) is 24.5 Å². The van der Waals surface area contributed by atoms with Gasteiger partial charge in [0.15, 0.2) is 5.16 Å². The summed E-state index contributed by atoms with van der Waals surface area (Å²) >= 11 is 4.58. The summed E-state index contributed by atoms with van der Waals surface area (Å²) in [5.74, 6) is -1.29. The Bertz CT molecular complexity index is 687. The molecular formula is C13H14BrN3O3S. The van der Waals surface area contributed by atoms with Crippen LogP contribution in [0.5, 0.6) is 0 Å². The molecule has 0 aliphatic rings. The van der Waals surface area contributed by atoms with Crippen molar-refractivity contribution in [3.8, 4) is 0 Å². The fourth-order valence-corrected chi connectivity index (χ4v) is 3.05. The van der Waals surface area contributed by atoms with Gasteiger partial charge in [0.1, 0.15) is 0 Å². The minimum atomic E-state index is -0.892. The molecule has 1 aromatic heterocycles. The van der Waals surface area contributed by atoms with E-state index >= 15 is 0 Å². The van der Waals surface area contributed by atoms with Crippen LogP contribution in [0, 0.1) is 0 Å². The SMILES string of the molecule is NC(=O)CCCn1c(SCC(=O)O)nc2ccc(Br)cc21. The predicted molar refractivity (Wildman–Crippen MR) is 84.2 cm³/mol. The number of carbonyl (C=O) groups excluding carboxylic acids is 1. The van der Waals surface area contributed by atoms with Gasteiger partial charge in [0, 0.05) is 17.4 Å². The highest BCUT2D eigenvalue weighted by atomic mass is 79.9. The number of aryl methyl sites for hydroxylation is 1. The number of hydrogen-bond acceptors (Lipinski definition) is 4. The molecule has 0 aliphatic heterocycles. The second kappa shape index (κ2) is 6.95. The number of aromatic nitrogens is 2. The minimum absolute atomic E-state index is 0.0552. The normalized spacial score (nSPS) is 10.9. The maximum atomic E-state index is 10.9. The number of nitrogens with zero attached hydrogens (tertiary/aromatic N) is 2. The van der Waals surface area contributed by atoms with Crippen molar-refractivity contribution in [1.82, 2.24) is 9.55 Å². The van der Waals surface area contributed by atoms with Crippen molar-refractivity contribution in [2.75, 3.05) is 5.75 Å². The molecular weight excluding hydrogens is 358 g/mol. The van der Waals surface area contributed by atoms with Crippen molar-refractivity contribution in [3.63, 3.8) is 0 Å². The summed E-state index contributed by atoms with van der Waals surface area (Å²) in [5.41, 5.74) is 6.85. The van der Waals surface area contributed by atoms with Crippen molar-refractivity contribution >= 4 is 50.6 Å². The Kier molecular flexibility index (Phi) is 5.24. The zero-order valence-corrected chi connectivity index (χ0v) is 13.5. The Balaban J connectivity index is 2.30. The van der Waals surface area contributed by atoms with Gasteiger partial charge < -0.3 is 15.4 Å². The molecule has 21 heavy (non-hydrogen) atoms. The fourth-order valence-electron chi connectivity index (χ4n) is 1.94. The maximum Gasteiger partial charge on any atom is 0.313 e. The number of carbonyl (C=O) groups is 2. The smallest absolute Gasteiger partial charge is 0.313 e. The van der Waals surface area contributed by atoms with Gasteiger partial charge in [-0.05, 0) is 24.6 Å². The first-order valence-corrected chi connectivity index (χ1v) is 8.04. The highest BCUT2D eigenvalue weighted by Gasteiger charge is 2.13. The molecule has 1 heterocycles. The van der Waals surface area contributed by atoms with Gasteiger partial charge in [0.2, 0.25) is 5.91 Å². The Morgan fingerprint density at radius 2 is 2.19 bits per heavy atom. The average molecular weight is 372 g/mol. The van der Waals surface area contributed by atoms with Gasteiger partial charge in [-0.2, -0.15) is 0 Å². The zero-order chi connectivity index (χ0) is 15.4. The lowest BCUT2D eigenvalue weighted by Gasteiger charge is -2.07. The average Bonchev–Trinajstić information content (AvgIpc) is 2.74. The number of benzene rings is 1. The second-order valence-corrected chi connectivity index (χ2v) is 6.29. The number of aliphatic carboxylic acids is 1. The Labute approximate surface area is 133 Å². The number of primary amides is 1. The molecule has 112 valence electrons. The van der Waals surface area contributed by atoms with E-state index in [0.29, 0.717) is 18.1 Å². The summed E-state index contributed by atoms with van der Waals surface area (Å²) in [6.45, 7) is 0.567. The van der Waals surface area contributed by atoms with Crippen LogP contribution >= 0.6 is 27.7 Å². The molecule has 0 aliphatic carbocycles. The van der Waals surface area contributed by atoms with E-state index in [4.69, 9.17) is 10.8 Å². The number of amides is 1. The van der Waals surface area contributed by atoms with Crippen LogP contribution in [0.4, 0.5) is 0 Å². The van der Waals surface area contributed by atoms with E-state index < -0.39 is 5.97 Å². The van der Waals surface area contributed by atoms with Crippen LogP contribution in [0.2, 0.25) is 0 Å². The van der Waals surface area contributed by atoms with Crippen LogP contribution in [0.25, 0.3) is 11.0 Å². The number of halogens is 1. The van der Waals surface area contributed by atoms with Crippen LogP contribution in [-0.2, 0) is 16.1 Å². The largest absolute Gasteiger partial charge is 0.481 e. The summed E-state index contributed by atoms with van der Waals surface area (Å²) in [6.07, 6.45) is 0.880. The zero-order valence-electron chi connectivity index (χ0n) is 11.1. The summed E-state index contributed by atoms with van der Waals surface area (Å²) in [6, 6.07) is 5.68. The molecule has 0 bridgehead atoms. The van der Waals surface area contributed by atoms with Crippen LogP contribution in [0.3, 0.4) is 0 Å². The van der Waals surface area contributed by atoms with Crippen LogP contribution < -0.4 is 5.73 Å². The molecule has 0 atom stereocenters. The highest BCUT2D eigenvalue weighted by molar-refractivity contribution is 9.10. The number of carboxylic acid groups (broad SMARTS) is 1. The molecule has 2 rings (SSSR count). The van der Waals surface area contributed by atoms with Gasteiger partial charge >= 0.3 is 5.97 Å². The van der Waals surface area contributed by atoms with Gasteiger partial charge in [-0.25, -0.2) is 4.98 Å². The molecule has 0 unspecified atom stereocenters. The Morgan fingerprint density at radius 3 is 2.86 bits per heavy atom. The monoisotopic (exact) mass is 371 g/mol. The number of imidazole rings is 1. The van der Waals surface area contributed by atoms with Crippen molar-refractivity contribution in [3.05, 3.63) is 22.7 Å². The molecule has 0 spiro atoms. The fraction of sp³-hybridized carbons (Fsp3) is 0.308. The van der Waals surface area contributed by atoms with E-state index in [9.17, 15) is 9.59 Å². The number of carboxylic acids is 1. The quantitative estimate of drug-likeness (QED) is 0.727. The number of nitrogens with two attached hydrogens (primary N) is 1. The predicted octanol–water partition coefficient (Wildman–Crippen LogP) is 2.24. The van der Waals surface area contributed by atoms with Crippen LogP contribution in [0.15, 0.2) is 27.8 Å². The molecule has 2 aromatic rings. The molecule has 1 aromatic carbocycles. The van der Waals surface area contributed by atoms with E-state index in [-0.39, 0.29) is 18.1 Å². The molecule has 6 nitrogen and oxygen atoms in total. The van der Waals surface area contributed by atoms with E-state index in [1.54, 1.807) is 0 Å². The number of thioether (sulfide) groups is 1. The first-order chi connectivity index (χ1) is 9.97. The number of rotatable bonds is 7. The van der Waals surface area contributed by atoms with Gasteiger partial charge in [-0.1, -0.05) is 27.7 Å². The maximum absolute atomic E-state index is 10.9. The highest BCUT2D eigenvalue weighted by Crippen LogP contribution is 2.27. The van der Waals surface area contributed by atoms with Crippen LogP contribution in [-0.4, -0.2) is 32.3 Å². The van der Waals surface area contributed by atoms with Gasteiger partial charge in [-0.15, -0.1) is 0 Å². The van der Waals surface area contributed by atoms with Crippen molar-refractivity contribution < 1.29 is 14.7 Å². The third kappa shape index (κ3) is 4.21. The second-order valence-electron chi connectivity index (χ2n) is 4.43. The Morgan fingerprint density at radius 1 is 1.43 bits per heavy atom. The van der Waals surface area contributed by atoms with E-state index in [1.165, 1.54) is 11.8 Å². The molecule has 0 saturated heterocycles. The van der Waals surface area contributed by atoms with E-state index in [0.717, 1.165) is 15.5 Å². The van der Waals surface area contributed by atoms with E-state index in [1.807, 2.05) is 22.8 Å². The lowest BCUT2D eigenvalue weighted by molar-refractivity contribution is -0.133. The lowest BCUT2D eigenvalue weighted by Crippen LogP contribution is -2.12. The molecule has 3 N–H and O–H groups in total. The summed E-state index contributed by atoms with van der Waals surface area (Å²) < 4.78 is 2.84. The third-order valence-electron chi connectivity index (χ3n) is 2.80. The van der Waals surface area contributed by atoms with Gasteiger partial charge in [0.05, 0.1) is 16.8 Å². The minimum Gasteiger partial charge on any atom is -0.481 e. The van der Waals surface area contributed by atoms with Crippen molar-refractivity contribution in [2.24, 2.45) is 5.73 Å². The lowest BCUT2D eigenvalue weighted by atomic mass is 10.3. The summed E-state index contributed by atoms with van der Waals surface area (Å²) in [4.78, 5) is 26.0. The Hall–Kier alpha value is -1.54. The first-order valence-electron chi connectivity index (χ1n) is 6.26. The van der Waals surface area contributed by atoms with Gasteiger partial charge in [0.25, 0.3) is 0 Å². The third-order valence-corrected chi connectivity index (χ3v) is 4.26. The van der Waals surface area contributed by atoms with E-state index in [2.05, 4.69) is 20.9 Å². The molecule has 8 heteroatoms. The van der Waals surface area contributed by atoms with Crippen LogP contribution in [0.1, 0.15) is 12.8 Å². The van der Waals surface area contributed by atoms with Gasteiger partial charge in [-0.3, -0.25) is 9.59 Å². The molecule has 0 saturated carbocycles. The topological polar surface area (TPSA) is 98.2 Å². The standard InChI is InChI=1S/C13H14BrN3O3S/c14-8-3-4-9-10(6-8)17(5-1-2-11(15)18)13(16-9)21-7-12(19)20/h3-4,6H,1-2,5,7H2,(H2,15,18)(H,19,20). The number of fused-ring (bicyclic) bond motifs is 1. The van der Waals surface area contributed by atoms with Crippen molar-refractivity contribution in [1.29, 1.82) is 0 Å². The summed E-state index contributed by atoms with van der Waals surface area (Å²) in [5, 5.41) is 9.44. The summed E-state index contributed by atoms with van der Waals surface area (Å²) in [7, 11) is 0. The molecule has 1 amide bonds. The molecule has 0 radical (unpaired) electrons. The number of hydrogen-bond donors (Lipinski definition) is 2. The first kappa shape index (κ1) is 15.8. The molecule has 0 fully saturated rings.